The minimum Gasteiger partial charge on any atom is -0.355 e. The molecule has 0 bridgehead atoms. The summed E-state index contributed by atoms with van der Waals surface area (Å²) in [6, 6.07) is 8.48. The van der Waals surface area contributed by atoms with Crippen LogP contribution in [0.15, 0.2) is 30.3 Å². The highest BCUT2D eigenvalue weighted by atomic mass is 16.2. The third-order valence-corrected chi connectivity index (χ3v) is 3.97. The van der Waals surface area contributed by atoms with Crippen LogP contribution in [0.2, 0.25) is 0 Å². The number of imide groups is 1. The number of nitrogens with zero attached hydrogens (tertiary/aromatic N) is 1. The predicted molar refractivity (Wildman–Crippen MR) is 86.5 cm³/mol. The normalized spacial score (nSPS) is 20.8. The topological polar surface area (TPSA) is 78.5 Å². The fourth-order valence-corrected chi connectivity index (χ4v) is 2.51. The molecule has 1 aliphatic heterocycles. The van der Waals surface area contributed by atoms with Crippen molar-refractivity contribution in [2.75, 3.05) is 13.1 Å². The molecule has 6 nitrogen and oxygen atoms in total. The molecule has 124 valence electrons. The van der Waals surface area contributed by atoms with Crippen LogP contribution in [0.4, 0.5) is 4.79 Å². The molecule has 6 heteroatoms. The van der Waals surface area contributed by atoms with Crippen LogP contribution in [0.25, 0.3) is 0 Å². The maximum atomic E-state index is 12.6. The zero-order valence-electron chi connectivity index (χ0n) is 13.8. The van der Waals surface area contributed by atoms with Crippen LogP contribution in [-0.4, -0.2) is 35.8 Å². The smallest absolute Gasteiger partial charge is 0.325 e. The summed E-state index contributed by atoms with van der Waals surface area (Å²) in [5.41, 5.74) is -0.433. The van der Waals surface area contributed by atoms with Crippen molar-refractivity contribution in [2.24, 2.45) is 5.92 Å². The summed E-state index contributed by atoms with van der Waals surface area (Å²) >= 11 is 0. The van der Waals surface area contributed by atoms with E-state index in [0.29, 0.717) is 18.0 Å². The second-order valence-corrected chi connectivity index (χ2v) is 6.34. The number of nitrogens with one attached hydrogen (secondary N) is 2. The Balaban J connectivity index is 2.03. The van der Waals surface area contributed by atoms with E-state index in [1.807, 2.05) is 6.07 Å². The van der Waals surface area contributed by atoms with E-state index < -0.39 is 17.5 Å². The molecule has 1 fully saturated rings. The first-order valence-corrected chi connectivity index (χ1v) is 7.81. The van der Waals surface area contributed by atoms with Gasteiger partial charge in [0.1, 0.15) is 12.1 Å². The van der Waals surface area contributed by atoms with E-state index in [9.17, 15) is 14.4 Å². The van der Waals surface area contributed by atoms with Crippen molar-refractivity contribution in [3.8, 4) is 0 Å². The third-order valence-electron chi connectivity index (χ3n) is 3.97. The van der Waals surface area contributed by atoms with Gasteiger partial charge in [-0.2, -0.15) is 0 Å². The van der Waals surface area contributed by atoms with E-state index in [-0.39, 0.29) is 12.5 Å². The van der Waals surface area contributed by atoms with Crippen LogP contribution in [0.3, 0.4) is 0 Å². The standard InChI is InChI=1S/C17H23N3O3/c1-12(2)9-10-18-14(21)11-20-15(22)17(3,19-16(20)23)13-7-5-4-6-8-13/h4-8,12H,9-11H2,1-3H3,(H,18,21)(H,19,23). The summed E-state index contributed by atoms with van der Waals surface area (Å²) in [6.07, 6.45) is 0.855. The van der Waals surface area contributed by atoms with Crippen molar-refractivity contribution < 1.29 is 14.4 Å². The van der Waals surface area contributed by atoms with Gasteiger partial charge in [0.25, 0.3) is 5.91 Å². The fourth-order valence-electron chi connectivity index (χ4n) is 2.51. The highest BCUT2D eigenvalue weighted by Gasteiger charge is 2.49. The molecule has 0 saturated carbocycles. The highest BCUT2D eigenvalue weighted by molar-refractivity contribution is 6.09. The largest absolute Gasteiger partial charge is 0.355 e. The molecule has 0 radical (unpaired) electrons. The molecule has 2 rings (SSSR count). The molecule has 23 heavy (non-hydrogen) atoms. The van der Waals surface area contributed by atoms with Gasteiger partial charge in [-0.25, -0.2) is 4.79 Å². The Morgan fingerprint density at radius 1 is 1.26 bits per heavy atom. The lowest BCUT2D eigenvalue weighted by Gasteiger charge is -2.22. The van der Waals surface area contributed by atoms with Crippen molar-refractivity contribution >= 4 is 17.8 Å². The highest BCUT2D eigenvalue weighted by Crippen LogP contribution is 2.28. The van der Waals surface area contributed by atoms with E-state index in [0.717, 1.165) is 11.3 Å². The summed E-state index contributed by atoms with van der Waals surface area (Å²) in [4.78, 5) is 37.6. The first kappa shape index (κ1) is 17.0. The Bertz CT molecular complexity index is 600. The van der Waals surface area contributed by atoms with Crippen LogP contribution < -0.4 is 10.6 Å². The summed E-state index contributed by atoms with van der Waals surface area (Å²) < 4.78 is 0. The summed E-state index contributed by atoms with van der Waals surface area (Å²) in [5, 5.41) is 5.42. The molecule has 1 heterocycles. The molecule has 1 atom stereocenters. The third kappa shape index (κ3) is 3.70. The average Bonchev–Trinajstić information content (AvgIpc) is 2.72. The van der Waals surface area contributed by atoms with Crippen molar-refractivity contribution in [3.63, 3.8) is 0 Å². The minimum absolute atomic E-state index is 0.259. The Labute approximate surface area is 136 Å². The average molecular weight is 317 g/mol. The fraction of sp³-hybridized carbons (Fsp3) is 0.471. The van der Waals surface area contributed by atoms with Crippen LogP contribution in [0.1, 0.15) is 32.8 Å². The molecule has 1 aromatic rings. The quantitative estimate of drug-likeness (QED) is 0.783. The maximum Gasteiger partial charge on any atom is 0.325 e. The number of hydrogen-bond acceptors (Lipinski definition) is 3. The van der Waals surface area contributed by atoms with Crippen molar-refractivity contribution in [2.45, 2.75) is 32.7 Å². The van der Waals surface area contributed by atoms with Gasteiger partial charge in [-0.3, -0.25) is 14.5 Å². The van der Waals surface area contributed by atoms with E-state index >= 15 is 0 Å². The monoisotopic (exact) mass is 317 g/mol. The molecule has 2 N–H and O–H groups in total. The van der Waals surface area contributed by atoms with Gasteiger partial charge in [0.05, 0.1) is 0 Å². The van der Waals surface area contributed by atoms with Gasteiger partial charge in [-0.05, 0) is 24.8 Å². The lowest BCUT2D eigenvalue weighted by molar-refractivity contribution is -0.134. The minimum atomic E-state index is -1.13. The number of carbonyl (C=O) groups is 3. The van der Waals surface area contributed by atoms with Crippen molar-refractivity contribution in [1.29, 1.82) is 0 Å². The Morgan fingerprint density at radius 2 is 1.91 bits per heavy atom. The number of benzene rings is 1. The molecule has 1 unspecified atom stereocenters. The van der Waals surface area contributed by atoms with Gasteiger partial charge >= 0.3 is 6.03 Å². The molecule has 1 aromatic carbocycles. The first-order valence-electron chi connectivity index (χ1n) is 7.81. The second kappa shape index (κ2) is 6.81. The zero-order chi connectivity index (χ0) is 17.0. The number of rotatable bonds is 6. The number of hydrogen-bond donors (Lipinski definition) is 2. The summed E-state index contributed by atoms with van der Waals surface area (Å²) in [5.74, 6) is -0.257. The Hall–Kier alpha value is -2.37. The SMILES string of the molecule is CC(C)CCNC(=O)CN1C(=O)NC(C)(c2ccccc2)C1=O. The van der Waals surface area contributed by atoms with E-state index in [1.54, 1.807) is 31.2 Å². The molecule has 1 saturated heterocycles. The lowest BCUT2D eigenvalue weighted by atomic mass is 9.92. The summed E-state index contributed by atoms with van der Waals surface area (Å²) in [6.45, 7) is 6.06. The Morgan fingerprint density at radius 3 is 2.52 bits per heavy atom. The van der Waals surface area contributed by atoms with Gasteiger partial charge in [-0.1, -0.05) is 44.2 Å². The van der Waals surface area contributed by atoms with Crippen molar-refractivity contribution in [3.05, 3.63) is 35.9 Å². The summed E-state index contributed by atoms with van der Waals surface area (Å²) in [7, 11) is 0. The molecular formula is C17H23N3O3. The number of amides is 4. The molecule has 4 amide bonds. The molecule has 0 aliphatic carbocycles. The van der Waals surface area contributed by atoms with Crippen LogP contribution >= 0.6 is 0 Å². The maximum absolute atomic E-state index is 12.6. The first-order chi connectivity index (χ1) is 10.8. The number of carbonyl (C=O) groups excluding carboxylic acids is 3. The van der Waals surface area contributed by atoms with Crippen LogP contribution in [0.5, 0.6) is 0 Å². The number of urea groups is 1. The van der Waals surface area contributed by atoms with Gasteiger partial charge in [0, 0.05) is 6.54 Å². The van der Waals surface area contributed by atoms with Crippen LogP contribution in [0, 0.1) is 5.92 Å². The van der Waals surface area contributed by atoms with E-state index in [4.69, 9.17) is 0 Å². The molecule has 0 spiro atoms. The van der Waals surface area contributed by atoms with E-state index in [2.05, 4.69) is 24.5 Å². The molecule has 1 aliphatic rings. The van der Waals surface area contributed by atoms with Gasteiger partial charge < -0.3 is 10.6 Å². The molecule has 0 aromatic heterocycles. The molecular weight excluding hydrogens is 294 g/mol. The Kier molecular flexibility index (Phi) is 5.03. The van der Waals surface area contributed by atoms with Crippen LogP contribution in [-0.2, 0) is 15.1 Å². The van der Waals surface area contributed by atoms with Gasteiger partial charge in [-0.15, -0.1) is 0 Å². The van der Waals surface area contributed by atoms with Crippen molar-refractivity contribution in [1.82, 2.24) is 15.5 Å². The van der Waals surface area contributed by atoms with Gasteiger partial charge in [0.15, 0.2) is 0 Å². The zero-order valence-corrected chi connectivity index (χ0v) is 13.8. The van der Waals surface area contributed by atoms with E-state index in [1.165, 1.54) is 0 Å². The second-order valence-electron chi connectivity index (χ2n) is 6.34. The predicted octanol–water partition coefficient (Wildman–Crippen LogP) is 1.62. The van der Waals surface area contributed by atoms with Gasteiger partial charge in [0.2, 0.25) is 5.91 Å². The lowest BCUT2D eigenvalue weighted by Crippen LogP contribution is -2.43.